The summed E-state index contributed by atoms with van der Waals surface area (Å²) in [7, 11) is 0. The molecule has 120 valence electrons. The third kappa shape index (κ3) is 7.50. The van der Waals surface area contributed by atoms with Gasteiger partial charge in [-0.25, -0.2) is 9.38 Å². The molecule has 0 amide bonds. The van der Waals surface area contributed by atoms with Crippen molar-refractivity contribution in [3.63, 3.8) is 0 Å². The summed E-state index contributed by atoms with van der Waals surface area (Å²) in [4.78, 5) is 4.24. The molecule has 0 radical (unpaired) electrons. The van der Waals surface area contributed by atoms with Gasteiger partial charge in [-0.2, -0.15) is 0 Å². The van der Waals surface area contributed by atoms with E-state index in [1.807, 2.05) is 13.8 Å². The molecule has 0 aliphatic heterocycles. The van der Waals surface area contributed by atoms with Crippen LogP contribution in [0.5, 0.6) is 5.75 Å². The number of hydrogen-bond donors (Lipinski definition) is 2. The summed E-state index contributed by atoms with van der Waals surface area (Å²) in [6.07, 6.45) is 1.51. The second-order valence-corrected chi connectivity index (χ2v) is 4.76. The lowest BCUT2D eigenvalue weighted by atomic mass is 10.2. The highest BCUT2D eigenvalue weighted by Gasteiger charge is 2.11. The first-order valence-corrected chi connectivity index (χ1v) is 7.04. The van der Waals surface area contributed by atoms with Crippen LogP contribution in [0.3, 0.4) is 0 Å². The topological polar surface area (TPSA) is 59.6 Å². The van der Waals surface area contributed by atoms with E-state index >= 15 is 0 Å². The molecule has 0 bridgehead atoms. The molecule has 6 heteroatoms. The summed E-state index contributed by atoms with van der Waals surface area (Å²) in [5.41, 5.74) is 5.79. The lowest BCUT2D eigenvalue weighted by Gasteiger charge is -2.17. The van der Waals surface area contributed by atoms with Crippen LogP contribution in [0.2, 0.25) is 0 Å². The zero-order valence-electron chi connectivity index (χ0n) is 12.8. The molecule has 1 aromatic carbocycles. The molecule has 0 heterocycles. The maximum Gasteiger partial charge on any atom is 0.188 e. The van der Waals surface area contributed by atoms with Crippen LogP contribution in [0.15, 0.2) is 29.3 Å². The molecule has 0 aliphatic rings. The van der Waals surface area contributed by atoms with Crippen molar-refractivity contribution >= 4 is 29.9 Å². The molecule has 4 nitrogen and oxygen atoms in total. The molecule has 0 saturated carbocycles. The van der Waals surface area contributed by atoms with Crippen LogP contribution < -0.4 is 15.8 Å². The quantitative estimate of drug-likeness (QED) is 0.413. The number of hydrogen-bond acceptors (Lipinski definition) is 2. The Morgan fingerprint density at radius 2 is 2.00 bits per heavy atom. The van der Waals surface area contributed by atoms with Crippen molar-refractivity contribution in [3.8, 4) is 5.75 Å². The number of halogens is 2. The highest BCUT2D eigenvalue weighted by molar-refractivity contribution is 14.0. The number of nitrogens with two attached hydrogens (primary N) is 1. The highest BCUT2D eigenvalue weighted by Crippen LogP contribution is 2.18. The largest absolute Gasteiger partial charge is 0.485 e. The van der Waals surface area contributed by atoms with Gasteiger partial charge >= 0.3 is 0 Å². The van der Waals surface area contributed by atoms with Crippen molar-refractivity contribution in [1.82, 2.24) is 5.32 Å². The number of benzene rings is 1. The first-order valence-electron chi connectivity index (χ1n) is 7.04. The maximum atomic E-state index is 13.5. The van der Waals surface area contributed by atoms with Crippen LogP contribution in [0, 0.1) is 5.82 Å². The van der Waals surface area contributed by atoms with E-state index < -0.39 is 0 Å². The Kier molecular flexibility index (Phi) is 10.1. The number of nitrogens with zero attached hydrogens (tertiary/aromatic N) is 1. The molecule has 2 unspecified atom stereocenters. The Hall–Kier alpha value is -1.05. The number of nitrogens with one attached hydrogen (secondary N) is 1. The zero-order valence-corrected chi connectivity index (χ0v) is 15.1. The monoisotopic (exact) mass is 409 g/mol. The van der Waals surface area contributed by atoms with Crippen molar-refractivity contribution in [1.29, 1.82) is 0 Å². The highest BCUT2D eigenvalue weighted by atomic mass is 127. The van der Waals surface area contributed by atoms with Gasteiger partial charge in [0.2, 0.25) is 0 Å². The van der Waals surface area contributed by atoms with Gasteiger partial charge in [0.05, 0.1) is 6.54 Å². The minimum Gasteiger partial charge on any atom is -0.485 e. The van der Waals surface area contributed by atoms with E-state index in [1.165, 1.54) is 6.07 Å². The van der Waals surface area contributed by atoms with Gasteiger partial charge in [-0.3, -0.25) is 0 Å². The van der Waals surface area contributed by atoms with Gasteiger partial charge in [-0.15, -0.1) is 24.0 Å². The fraction of sp³-hybridized carbons (Fsp3) is 0.533. The van der Waals surface area contributed by atoms with Gasteiger partial charge in [0, 0.05) is 6.04 Å². The van der Waals surface area contributed by atoms with Crippen LogP contribution >= 0.6 is 24.0 Å². The first-order chi connectivity index (χ1) is 9.56. The van der Waals surface area contributed by atoms with Crippen molar-refractivity contribution in [2.75, 3.05) is 6.54 Å². The van der Waals surface area contributed by atoms with Gasteiger partial charge in [0.25, 0.3) is 0 Å². The first kappa shape index (κ1) is 19.9. The van der Waals surface area contributed by atoms with Crippen molar-refractivity contribution < 1.29 is 9.13 Å². The second kappa shape index (κ2) is 10.6. The molecule has 0 aliphatic carbocycles. The standard InChI is InChI=1S/C15H24FN3O.HI/c1-4-11(3)19-15(17)18-10-12(5-2)20-14-9-7-6-8-13(14)16;/h6-9,11-12H,4-5,10H2,1-3H3,(H3,17,18,19);1H. The smallest absolute Gasteiger partial charge is 0.188 e. The summed E-state index contributed by atoms with van der Waals surface area (Å²) in [5, 5.41) is 3.08. The number of guanidine groups is 1. The third-order valence-electron chi connectivity index (χ3n) is 3.06. The van der Waals surface area contributed by atoms with Gasteiger partial charge in [-0.05, 0) is 31.9 Å². The van der Waals surface area contributed by atoms with E-state index in [0.717, 1.165) is 12.8 Å². The van der Waals surface area contributed by atoms with E-state index in [-0.39, 0.29) is 47.7 Å². The van der Waals surface area contributed by atoms with E-state index in [1.54, 1.807) is 18.2 Å². The molecule has 0 aromatic heterocycles. The SMILES string of the molecule is CCC(C)NC(N)=NCC(CC)Oc1ccccc1F.I. The number of rotatable bonds is 7. The van der Waals surface area contributed by atoms with Crippen LogP contribution in [0.4, 0.5) is 4.39 Å². The Morgan fingerprint density at radius 3 is 2.57 bits per heavy atom. The summed E-state index contributed by atoms with van der Waals surface area (Å²) in [5.74, 6) is 0.290. The Morgan fingerprint density at radius 1 is 1.33 bits per heavy atom. The fourth-order valence-electron chi connectivity index (χ4n) is 1.57. The normalized spacial score (nSPS) is 14.0. The molecule has 1 aromatic rings. The van der Waals surface area contributed by atoms with E-state index in [0.29, 0.717) is 12.5 Å². The number of ether oxygens (including phenoxy) is 1. The lowest BCUT2D eigenvalue weighted by Crippen LogP contribution is -2.38. The second-order valence-electron chi connectivity index (χ2n) is 4.76. The molecule has 3 N–H and O–H groups in total. The zero-order chi connectivity index (χ0) is 15.0. The van der Waals surface area contributed by atoms with E-state index in [9.17, 15) is 4.39 Å². The minimum atomic E-state index is -0.361. The average Bonchev–Trinajstić information content (AvgIpc) is 2.45. The van der Waals surface area contributed by atoms with Gasteiger partial charge < -0.3 is 15.8 Å². The van der Waals surface area contributed by atoms with Crippen molar-refractivity contribution in [2.24, 2.45) is 10.7 Å². The molecule has 21 heavy (non-hydrogen) atoms. The van der Waals surface area contributed by atoms with E-state index in [4.69, 9.17) is 10.5 Å². The number of aliphatic imine (C=N–C) groups is 1. The van der Waals surface area contributed by atoms with Gasteiger partial charge in [0.1, 0.15) is 6.10 Å². The molecule has 0 fully saturated rings. The summed E-state index contributed by atoms with van der Waals surface area (Å²) < 4.78 is 19.1. The van der Waals surface area contributed by atoms with Crippen LogP contribution in [0.25, 0.3) is 0 Å². The predicted molar refractivity (Wildman–Crippen MR) is 95.9 cm³/mol. The summed E-state index contributed by atoms with van der Waals surface area (Å²) in [6, 6.07) is 6.65. The molecule has 0 saturated heterocycles. The van der Waals surface area contributed by atoms with Crippen molar-refractivity contribution in [3.05, 3.63) is 30.1 Å². The minimum absolute atomic E-state index is 0. The average molecular weight is 409 g/mol. The molecular formula is C15H25FIN3O. The molecule has 2 atom stereocenters. The van der Waals surface area contributed by atoms with E-state index in [2.05, 4.69) is 17.2 Å². The Balaban J connectivity index is 0.00000400. The lowest BCUT2D eigenvalue weighted by molar-refractivity contribution is 0.197. The maximum absolute atomic E-state index is 13.5. The number of para-hydroxylation sites is 1. The third-order valence-corrected chi connectivity index (χ3v) is 3.06. The summed E-state index contributed by atoms with van der Waals surface area (Å²) in [6.45, 7) is 6.48. The van der Waals surface area contributed by atoms with Gasteiger partial charge in [0.15, 0.2) is 17.5 Å². The van der Waals surface area contributed by atoms with Crippen LogP contribution in [0.1, 0.15) is 33.6 Å². The molecule has 1 rings (SSSR count). The molecule has 0 spiro atoms. The fourth-order valence-corrected chi connectivity index (χ4v) is 1.57. The van der Waals surface area contributed by atoms with Crippen molar-refractivity contribution in [2.45, 2.75) is 45.8 Å². The van der Waals surface area contributed by atoms with Crippen LogP contribution in [-0.4, -0.2) is 24.7 Å². The predicted octanol–water partition coefficient (Wildman–Crippen LogP) is 3.30. The molecular weight excluding hydrogens is 384 g/mol. The Bertz CT molecular complexity index is 443. The summed E-state index contributed by atoms with van der Waals surface area (Å²) >= 11 is 0. The van der Waals surface area contributed by atoms with Gasteiger partial charge in [-0.1, -0.05) is 26.0 Å². The Labute approximate surface area is 143 Å². The van der Waals surface area contributed by atoms with Crippen LogP contribution in [-0.2, 0) is 0 Å².